The van der Waals surface area contributed by atoms with Gasteiger partial charge in [-0.25, -0.2) is 4.79 Å². The van der Waals surface area contributed by atoms with Gasteiger partial charge in [0, 0.05) is 0 Å². The number of carboxylic acid groups (broad SMARTS) is 1. The van der Waals surface area contributed by atoms with Crippen molar-refractivity contribution in [2.24, 2.45) is 0 Å². The Balaban J connectivity index is 2.33. The van der Waals surface area contributed by atoms with Crippen molar-refractivity contribution in [1.29, 1.82) is 0 Å². The fourth-order valence-electron chi connectivity index (χ4n) is 2.04. The van der Waals surface area contributed by atoms with Crippen LogP contribution in [-0.4, -0.2) is 47.4 Å². The van der Waals surface area contributed by atoms with E-state index in [9.17, 15) is 27.9 Å². The first-order chi connectivity index (χ1) is 10.2. The van der Waals surface area contributed by atoms with E-state index in [2.05, 4.69) is 5.32 Å². The number of carbonyl (C=O) groups excluding carboxylic acids is 1. The van der Waals surface area contributed by atoms with Gasteiger partial charge in [0.2, 0.25) is 0 Å². The van der Waals surface area contributed by atoms with Crippen LogP contribution in [0.4, 0.5) is 13.2 Å². The Bertz CT molecular complexity index is 602. The molecule has 1 aliphatic heterocycles. The molecule has 3 N–H and O–H groups in total. The fourth-order valence-corrected chi connectivity index (χ4v) is 2.04. The van der Waals surface area contributed by atoms with E-state index in [-0.39, 0.29) is 13.2 Å². The van der Waals surface area contributed by atoms with Crippen molar-refractivity contribution >= 4 is 11.9 Å². The summed E-state index contributed by atoms with van der Waals surface area (Å²) in [5, 5.41) is 20.5. The van der Waals surface area contributed by atoms with Crippen LogP contribution in [0.2, 0.25) is 0 Å². The SMILES string of the molecule is O=C(O)c1ccc(C(=O)N[C@@H]2COC[C@H]2O)c(C(F)(F)F)c1. The van der Waals surface area contributed by atoms with Gasteiger partial charge < -0.3 is 20.3 Å². The molecular formula is C13H12F3NO5. The average Bonchev–Trinajstić information content (AvgIpc) is 2.82. The normalized spacial score (nSPS) is 21.6. The Morgan fingerprint density at radius 2 is 1.95 bits per heavy atom. The topological polar surface area (TPSA) is 95.9 Å². The number of alkyl halides is 3. The number of aliphatic hydroxyl groups is 1. The number of aliphatic hydroxyl groups excluding tert-OH is 1. The number of aromatic carboxylic acids is 1. The smallest absolute Gasteiger partial charge is 0.417 e. The predicted molar refractivity (Wildman–Crippen MR) is 66.5 cm³/mol. The minimum absolute atomic E-state index is 0.0124. The molecule has 0 bridgehead atoms. The molecule has 0 saturated carbocycles. The average molecular weight is 319 g/mol. The van der Waals surface area contributed by atoms with Crippen molar-refractivity contribution in [2.75, 3.05) is 13.2 Å². The van der Waals surface area contributed by atoms with Crippen LogP contribution >= 0.6 is 0 Å². The Labute approximate surface area is 122 Å². The number of hydrogen-bond acceptors (Lipinski definition) is 4. The van der Waals surface area contributed by atoms with Crippen LogP contribution in [0.25, 0.3) is 0 Å². The monoisotopic (exact) mass is 319 g/mol. The number of carboxylic acids is 1. The molecule has 0 aromatic heterocycles. The third kappa shape index (κ3) is 3.37. The Hall–Kier alpha value is -2.13. The molecule has 1 saturated heterocycles. The molecule has 1 aliphatic rings. The number of nitrogens with one attached hydrogen (secondary N) is 1. The number of hydrogen-bond donors (Lipinski definition) is 3. The molecule has 0 radical (unpaired) electrons. The van der Waals surface area contributed by atoms with E-state index in [1.807, 2.05) is 0 Å². The van der Waals surface area contributed by atoms with Crippen LogP contribution in [-0.2, 0) is 10.9 Å². The summed E-state index contributed by atoms with van der Waals surface area (Å²) >= 11 is 0. The molecule has 22 heavy (non-hydrogen) atoms. The van der Waals surface area contributed by atoms with E-state index in [0.717, 1.165) is 12.1 Å². The summed E-state index contributed by atoms with van der Waals surface area (Å²) in [4.78, 5) is 22.7. The second-order valence-electron chi connectivity index (χ2n) is 4.75. The highest BCUT2D eigenvalue weighted by molar-refractivity contribution is 5.98. The van der Waals surface area contributed by atoms with Crippen molar-refractivity contribution in [1.82, 2.24) is 5.32 Å². The molecular weight excluding hydrogens is 307 g/mol. The highest BCUT2D eigenvalue weighted by Crippen LogP contribution is 2.33. The number of benzene rings is 1. The number of ether oxygens (including phenoxy) is 1. The molecule has 1 aromatic carbocycles. The molecule has 120 valence electrons. The van der Waals surface area contributed by atoms with E-state index >= 15 is 0 Å². The molecule has 1 amide bonds. The Morgan fingerprint density at radius 3 is 2.45 bits per heavy atom. The first-order valence-corrected chi connectivity index (χ1v) is 6.21. The summed E-state index contributed by atoms with van der Waals surface area (Å²) in [6, 6.07) is 1.30. The van der Waals surface area contributed by atoms with Crippen molar-refractivity contribution in [2.45, 2.75) is 18.3 Å². The third-order valence-electron chi connectivity index (χ3n) is 3.18. The quantitative estimate of drug-likeness (QED) is 0.769. The molecule has 2 atom stereocenters. The summed E-state index contributed by atoms with van der Waals surface area (Å²) in [6.07, 6.45) is -5.89. The van der Waals surface area contributed by atoms with Crippen molar-refractivity contribution in [3.05, 3.63) is 34.9 Å². The largest absolute Gasteiger partial charge is 0.478 e. The van der Waals surface area contributed by atoms with Gasteiger partial charge in [-0.2, -0.15) is 13.2 Å². The first-order valence-electron chi connectivity index (χ1n) is 6.21. The van der Waals surface area contributed by atoms with Crippen LogP contribution in [0.15, 0.2) is 18.2 Å². The van der Waals surface area contributed by atoms with E-state index < -0.39 is 46.9 Å². The second-order valence-corrected chi connectivity index (χ2v) is 4.75. The fraction of sp³-hybridized carbons (Fsp3) is 0.385. The van der Waals surface area contributed by atoms with Gasteiger partial charge in [0.25, 0.3) is 5.91 Å². The first kappa shape index (κ1) is 16.2. The summed E-state index contributed by atoms with van der Waals surface area (Å²) in [5.41, 5.74) is -2.64. The summed E-state index contributed by atoms with van der Waals surface area (Å²) in [5.74, 6) is -2.59. The van der Waals surface area contributed by atoms with Crippen LogP contribution in [0.1, 0.15) is 26.3 Å². The lowest BCUT2D eigenvalue weighted by Crippen LogP contribution is -2.43. The molecule has 1 heterocycles. The zero-order valence-electron chi connectivity index (χ0n) is 11.1. The van der Waals surface area contributed by atoms with Crippen molar-refractivity contribution < 1.29 is 37.7 Å². The van der Waals surface area contributed by atoms with Gasteiger partial charge in [0.15, 0.2) is 0 Å². The lowest BCUT2D eigenvalue weighted by Gasteiger charge is -2.17. The predicted octanol–water partition coefficient (Wildman–Crippen LogP) is 0.893. The van der Waals surface area contributed by atoms with Crippen LogP contribution < -0.4 is 5.32 Å². The minimum atomic E-state index is -4.89. The standard InChI is InChI=1S/C13H12F3NO5/c14-13(15,16)8-3-6(12(20)21)1-2-7(8)11(19)17-9-4-22-5-10(9)18/h1-3,9-10,18H,4-5H2,(H,17,19)(H,20,21)/t9-,10-/m1/s1. The maximum atomic E-state index is 13.0. The molecule has 6 nitrogen and oxygen atoms in total. The van der Waals surface area contributed by atoms with Gasteiger partial charge in [-0.15, -0.1) is 0 Å². The van der Waals surface area contributed by atoms with Crippen LogP contribution in [0.5, 0.6) is 0 Å². The Morgan fingerprint density at radius 1 is 1.27 bits per heavy atom. The van der Waals surface area contributed by atoms with Gasteiger partial charge >= 0.3 is 12.1 Å². The summed E-state index contributed by atoms with van der Waals surface area (Å²) in [7, 11) is 0. The molecule has 0 spiro atoms. The summed E-state index contributed by atoms with van der Waals surface area (Å²) in [6.45, 7) is -0.0313. The van der Waals surface area contributed by atoms with Crippen molar-refractivity contribution in [3.63, 3.8) is 0 Å². The highest BCUT2D eigenvalue weighted by atomic mass is 19.4. The third-order valence-corrected chi connectivity index (χ3v) is 3.18. The zero-order chi connectivity index (χ0) is 16.5. The van der Waals surface area contributed by atoms with Gasteiger partial charge in [-0.1, -0.05) is 0 Å². The van der Waals surface area contributed by atoms with Crippen molar-refractivity contribution in [3.8, 4) is 0 Å². The Kier molecular flexibility index (Phi) is 4.38. The number of amides is 1. The number of rotatable bonds is 3. The van der Waals surface area contributed by atoms with Gasteiger partial charge in [-0.05, 0) is 18.2 Å². The lowest BCUT2D eigenvalue weighted by atomic mass is 10.0. The van der Waals surface area contributed by atoms with E-state index in [1.165, 1.54) is 0 Å². The number of halogens is 3. The molecule has 0 aliphatic carbocycles. The molecule has 9 heteroatoms. The maximum absolute atomic E-state index is 13.0. The highest BCUT2D eigenvalue weighted by Gasteiger charge is 2.37. The second kappa shape index (κ2) is 5.93. The number of carbonyl (C=O) groups is 2. The van der Waals surface area contributed by atoms with E-state index in [1.54, 1.807) is 0 Å². The van der Waals surface area contributed by atoms with Crippen LogP contribution in [0, 0.1) is 0 Å². The zero-order valence-corrected chi connectivity index (χ0v) is 11.1. The van der Waals surface area contributed by atoms with Gasteiger partial charge in [0.1, 0.15) is 0 Å². The molecule has 1 aromatic rings. The summed E-state index contributed by atoms with van der Waals surface area (Å²) < 4.78 is 43.9. The van der Waals surface area contributed by atoms with E-state index in [0.29, 0.717) is 6.07 Å². The maximum Gasteiger partial charge on any atom is 0.417 e. The minimum Gasteiger partial charge on any atom is -0.478 e. The van der Waals surface area contributed by atoms with Crippen LogP contribution in [0.3, 0.4) is 0 Å². The van der Waals surface area contributed by atoms with Gasteiger partial charge in [-0.3, -0.25) is 4.79 Å². The molecule has 2 rings (SSSR count). The molecule has 0 unspecified atom stereocenters. The molecule has 1 fully saturated rings. The van der Waals surface area contributed by atoms with Gasteiger partial charge in [0.05, 0.1) is 42.0 Å². The van der Waals surface area contributed by atoms with E-state index in [4.69, 9.17) is 9.84 Å². The lowest BCUT2D eigenvalue weighted by molar-refractivity contribution is -0.138.